The van der Waals surface area contributed by atoms with Crippen molar-refractivity contribution >= 4 is 27.3 Å². The molecular weight excluding hydrogens is 250 g/mol. The molecule has 0 spiro atoms. The molecule has 16 heavy (non-hydrogen) atoms. The van der Waals surface area contributed by atoms with Crippen LogP contribution in [0, 0.1) is 0 Å². The van der Waals surface area contributed by atoms with E-state index in [2.05, 4.69) is 0 Å². The van der Waals surface area contributed by atoms with Crippen LogP contribution >= 0.6 is 11.3 Å². The van der Waals surface area contributed by atoms with Crippen LogP contribution in [-0.2, 0) is 14.8 Å². The van der Waals surface area contributed by atoms with Gasteiger partial charge in [0.25, 0.3) is 10.0 Å². The number of hydrogen-bond acceptors (Lipinski definition) is 4. The van der Waals surface area contributed by atoms with Gasteiger partial charge in [0.2, 0.25) is 0 Å². The third-order valence-electron chi connectivity index (χ3n) is 2.42. The van der Waals surface area contributed by atoms with Crippen LogP contribution in [0.4, 0.5) is 0 Å². The fourth-order valence-electron chi connectivity index (χ4n) is 0.980. The summed E-state index contributed by atoms with van der Waals surface area (Å²) in [6.45, 7) is 2.70. The largest absolute Gasteiger partial charge is 0.480 e. The highest BCUT2D eigenvalue weighted by atomic mass is 32.2. The molecule has 0 radical (unpaired) electrons. The predicted molar refractivity (Wildman–Crippen MR) is 61.0 cm³/mol. The summed E-state index contributed by atoms with van der Waals surface area (Å²) in [6, 6.07) is 3.06. The van der Waals surface area contributed by atoms with E-state index in [4.69, 9.17) is 5.11 Å². The molecule has 0 bridgehead atoms. The number of aliphatic carboxylic acids is 1. The van der Waals surface area contributed by atoms with Crippen molar-refractivity contribution in [3.63, 3.8) is 0 Å². The van der Waals surface area contributed by atoms with Crippen molar-refractivity contribution in [2.24, 2.45) is 0 Å². The maximum Gasteiger partial charge on any atom is 0.324 e. The second kappa shape index (κ2) is 4.15. The van der Waals surface area contributed by atoms with E-state index in [-0.39, 0.29) is 4.21 Å². The lowest BCUT2D eigenvalue weighted by Crippen LogP contribution is -2.50. The van der Waals surface area contributed by atoms with Crippen LogP contribution < -0.4 is 0 Å². The number of carboxylic acids is 1. The molecule has 1 aromatic rings. The minimum absolute atomic E-state index is 0.143. The molecule has 1 aromatic heterocycles. The second-order valence-electron chi connectivity index (χ2n) is 3.77. The Kier molecular flexibility index (Phi) is 3.41. The van der Waals surface area contributed by atoms with E-state index in [1.165, 1.54) is 27.0 Å². The van der Waals surface area contributed by atoms with Crippen LogP contribution in [0.1, 0.15) is 13.8 Å². The zero-order valence-electron chi connectivity index (χ0n) is 9.17. The van der Waals surface area contributed by atoms with Crippen molar-refractivity contribution in [1.29, 1.82) is 0 Å². The smallest absolute Gasteiger partial charge is 0.324 e. The number of likely N-dealkylation sites (N-methyl/N-ethyl adjacent to an activating group) is 1. The Morgan fingerprint density at radius 2 is 2.06 bits per heavy atom. The molecule has 0 fully saturated rings. The van der Waals surface area contributed by atoms with Crippen molar-refractivity contribution in [3.8, 4) is 0 Å². The number of hydrogen-bond donors (Lipinski definition) is 1. The summed E-state index contributed by atoms with van der Waals surface area (Å²) in [5.41, 5.74) is -1.47. The molecule has 1 N–H and O–H groups in total. The highest BCUT2D eigenvalue weighted by molar-refractivity contribution is 7.91. The summed E-state index contributed by atoms with van der Waals surface area (Å²) in [5.74, 6) is -1.19. The van der Waals surface area contributed by atoms with Crippen LogP contribution in [0.3, 0.4) is 0 Å². The van der Waals surface area contributed by atoms with E-state index in [0.29, 0.717) is 0 Å². The lowest BCUT2D eigenvalue weighted by molar-refractivity contribution is -0.145. The van der Waals surface area contributed by atoms with Gasteiger partial charge >= 0.3 is 5.97 Å². The van der Waals surface area contributed by atoms with Gasteiger partial charge in [0, 0.05) is 7.05 Å². The first-order valence-electron chi connectivity index (χ1n) is 4.46. The van der Waals surface area contributed by atoms with E-state index in [1.807, 2.05) is 0 Å². The van der Waals surface area contributed by atoms with Crippen LogP contribution in [-0.4, -0.2) is 36.4 Å². The van der Waals surface area contributed by atoms with Gasteiger partial charge < -0.3 is 5.11 Å². The monoisotopic (exact) mass is 263 g/mol. The van der Waals surface area contributed by atoms with Gasteiger partial charge in [-0.3, -0.25) is 4.79 Å². The van der Waals surface area contributed by atoms with Gasteiger partial charge in [0.1, 0.15) is 9.75 Å². The van der Waals surface area contributed by atoms with Crippen LogP contribution in [0.25, 0.3) is 0 Å². The first-order valence-corrected chi connectivity index (χ1v) is 6.78. The normalized spacial score (nSPS) is 13.0. The fourth-order valence-corrected chi connectivity index (χ4v) is 3.62. The predicted octanol–water partition coefficient (Wildman–Crippen LogP) is 1.23. The number of carbonyl (C=O) groups is 1. The van der Waals surface area contributed by atoms with E-state index in [1.54, 1.807) is 11.4 Å². The molecule has 0 saturated heterocycles. The van der Waals surface area contributed by atoms with Gasteiger partial charge in [-0.25, -0.2) is 8.42 Å². The van der Waals surface area contributed by atoms with Crippen molar-refractivity contribution < 1.29 is 18.3 Å². The summed E-state index contributed by atoms with van der Waals surface area (Å²) in [6.07, 6.45) is 0. The summed E-state index contributed by atoms with van der Waals surface area (Å²) >= 11 is 1.06. The van der Waals surface area contributed by atoms with Crippen molar-refractivity contribution in [2.45, 2.75) is 23.6 Å². The van der Waals surface area contributed by atoms with Gasteiger partial charge in [-0.1, -0.05) is 6.07 Å². The SMILES string of the molecule is CN(C(C)(C)C(=O)O)S(=O)(=O)c1cccs1. The van der Waals surface area contributed by atoms with Gasteiger partial charge in [-0.2, -0.15) is 4.31 Å². The van der Waals surface area contributed by atoms with Crippen molar-refractivity contribution in [3.05, 3.63) is 17.5 Å². The van der Waals surface area contributed by atoms with Crippen LogP contribution in [0.2, 0.25) is 0 Å². The summed E-state index contributed by atoms with van der Waals surface area (Å²) in [5, 5.41) is 10.6. The highest BCUT2D eigenvalue weighted by Crippen LogP contribution is 2.25. The molecule has 0 atom stereocenters. The Labute approximate surface area is 98.4 Å². The average Bonchev–Trinajstić information content (AvgIpc) is 2.69. The van der Waals surface area contributed by atoms with Gasteiger partial charge in [0.05, 0.1) is 0 Å². The number of carboxylic acid groups (broad SMARTS) is 1. The van der Waals surface area contributed by atoms with E-state index in [9.17, 15) is 13.2 Å². The van der Waals surface area contributed by atoms with Gasteiger partial charge in [-0.05, 0) is 25.3 Å². The standard InChI is InChI=1S/C9H13NO4S2/c1-9(2,8(11)12)10(3)16(13,14)7-5-4-6-15-7/h4-6H,1-3H3,(H,11,12). The number of thiophene rings is 1. The summed E-state index contributed by atoms with van der Waals surface area (Å²) in [7, 11) is -2.46. The van der Waals surface area contributed by atoms with Crippen LogP contribution in [0.5, 0.6) is 0 Å². The summed E-state index contributed by atoms with van der Waals surface area (Å²) < 4.78 is 25.0. The molecule has 0 saturated carbocycles. The zero-order valence-corrected chi connectivity index (χ0v) is 10.8. The lowest BCUT2D eigenvalue weighted by Gasteiger charge is -2.29. The Morgan fingerprint density at radius 3 is 2.44 bits per heavy atom. The quantitative estimate of drug-likeness (QED) is 0.886. The maximum atomic E-state index is 12.0. The first kappa shape index (κ1) is 13.1. The third kappa shape index (κ3) is 2.11. The van der Waals surface area contributed by atoms with Gasteiger partial charge in [-0.15, -0.1) is 11.3 Å². The Balaban J connectivity index is 3.17. The first-order chi connectivity index (χ1) is 7.20. The van der Waals surface area contributed by atoms with E-state index < -0.39 is 21.5 Å². The third-order valence-corrected chi connectivity index (χ3v) is 5.82. The maximum absolute atomic E-state index is 12.0. The van der Waals surface area contributed by atoms with E-state index in [0.717, 1.165) is 15.6 Å². The van der Waals surface area contributed by atoms with E-state index >= 15 is 0 Å². The number of rotatable bonds is 4. The topological polar surface area (TPSA) is 74.7 Å². The molecule has 0 amide bonds. The number of nitrogens with zero attached hydrogens (tertiary/aromatic N) is 1. The molecule has 7 heteroatoms. The Hall–Kier alpha value is -0.920. The lowest BCUT2D eigenvalue weighted by atomic mass is 10.1. The molecular formula is C9H13NO4S2. The van der Waals surface area contributed by atoms with Crippen molar-refractivity contribution in [2.75, 3.05) is 7.05 Å². The van der Waals surface area contributed by atoms with Crippen LogP contribution in [0.15, 0.2) is 21.7 Å². The molecule has 5 nitrogen and oxygen atoms in total. The minimum atomic E-state index is -3.73. The molecule has 90 valence electrons. The molecule has 0 unspecified atom stereocenters. The summed E-state index contributed by atoms with van der Waals surface area (Å²) in [4.78, 5) is 11.0. The van der Waals surface area contributed by atoms with Gasteiger partial charge in [0.15, 0.2) is 0 Å². The molecule has 1 heterocycles. The second-order valence-corrected chi connectivity index (χ2v) is 6.91. The Morgan fingerprint density at radius 1 is 1.50 bits per heavy atom. The molecule has 1 rings (SSSR count). The fraction of sp³-hybridized carbons (Fsp3) is 0.444. The average molecular weight is 263 g/mol. The minimum Gasteiger partial charge on any atom is -0.480 e. The molecule has 0 aromatic carbocycles. The zero-order chi connectivity index (χ0) is 12.6. The highest BCUT2D eigenvalue weighted by Gasteiger charge is 2.40. The Bertz CT molecular complexity index is 476. The van der Waals surface area contributed by atoms with Crippen molar-refractivity contribution in [1.82, 2.24) is 4.31 Å². The molecule has 0 aliphatic carbocycles. The molecule has 0 aliphatic rings. The number of sulfonamides is 1. The molecule has 0 aliphatic heterocycles.